The molecule has 2 aromatic carbocycles. The van der Waals surface area contributed by atoms with E-state index in [1.54, 1.807) is 17.8 Å². The van der Waals surface area contributed by atoms with Crippen LogP contribution in [0, 0.1) is 20.8 Å². The Morgan fingerprint density at radius 3 is 2.37 bits per heavy atom. The van der Waals surface area contributed by atoms with Gasteiger partial charge in [-0.2, -0.15) is 0 Å². The van der Waals surface area contributed by atoms with Crippen LogP contribution in [0.5, 0.6) is 5.75 Å². The summed E-state index contributed by atoms with van der Waals surface area (Å²) in [6.45, 7) is 5.89. The number of hydrogen-bond donors (Lipinski definition) is 1. The lowest BCUT2D eigenvalue weighted by molar-refractivity contribution is 0.430. The summed E-state index contributed by atoms with van der Waals surface area (Å²) in [6.07, 6.45) is 0.562. The summed E-state index contributed by atoms with van der Waals surface area (Å²) in [5.41, 5.74) is 3.53. The van der Waals surface area contributed by atoms with E-state index in [0.717, 1.165) is 37.4 Å². The van der Waals surface area contributed by atoms with Gasteiger partial charge < -0.3 is 9.52 Å². The summed E-state index contributed by atoms with van der Waals surface area (Å²) < 4.78 is 6.54. The minimum atomic E-state index is -0.493. The Morgan fingerprint density at radius 2 is 1.74 bits per heavy atom. The first-order valence-corrected chi connectivity index (χ1v) is 10.5. The molecule has 0 unspecified atom stereocenters. The van der Waals surface area contributed by atoms with Gasteiger partial charge in [-0.25, -0.2) is 4.79 Å². The van der Waals surface area contributed by atoms with Gasteiger partial charge in [0.1, 0.15) is 17.1 Å². The fourth-order valence-electron chi connectivity index (χ4n) is 3.28. The van der Waals surface area contributed by atoms with Gasteiger partial charge in [-0.3, -0.25) is 0 Å². The Morgan fingerprint density at radius 1 is 1.04 bits per heavy atom. The molecule has 0 radical (unpaired) electrons. The zero-order valence-electron chi connectivity index (χ0n) is 15.5. The summed E-state index contributed by atoms with van der Waals surface area (Å²) in [5.74, 6) is 1.22. The maximum Gasteiger partial charge on any atom is 0.347 e. The van der Waals surface area contributed by atoms with Crippen molar-refractivity contribution < 1.29 is 9.52 Å². The van der Waals surface area contributed by atoms with Crippen LogP contribution >= 0.6 is 27.7 Å². The molecule has 1 N–H and O–H groups in total. The highest BCUT2D eigenvalue weighted by atomic mass is 79.9. The molecule has 140 valence electrons. The van der Waals surface area contributed by atoms with Gasteiger partial charge in [0, 0.05) is 27.6 Å². The zero-order valence-corrected chi connectivity index (χ0v) is 17.9. The third-order valence-corrected chi connectivity index (χ3v) is 5.81. The number of aryl methyl sites for hydroxylation is 4. The van der Waals surface area contributed by atoms with E-state index in [9.17, 15) is 9.90 Å². The molecule has 0 aliphatic carbocycles. The molecule has 0 aliphatic heterocycles. The molecule has 3 aromatic rings. The summed E-state index contributed by atoms with van der Waals surface area (Å²) in [6, 6.07) is 13.6. The van der Waals surface area contributed by atoms with Gasteiger partial charge in [-0.1, -0.05) is 39.7 Å². The minimum Gasteiger partial charge on any atom is -0.507 e. The van der Waals surface area contributed by atoms with Crippen molar-refractivity contribution in [1.29, 1.82) is 0 Å². The SMILES string of the molecule is Cc1cc(C)c(-c2c(O)cc(CCSc3cccc(Br)c3)oc2=O)c(C)c1. The maximum atomic E-state index is 12.6. The predicted molar refractivity (Wildman–Crippen MR) is 115 cm³/mol. The monoisotopic (exact) mass is 444 g/mol. The first-order chi connectivity index (χ1) is 12.8. The highest BCUT2D eigenvalue weighted by molar-refractivity contribution is 9.10. The molecule has 0 saturated carbocycles. The quantitative estimate of drug-likeness (QED) is 0.487. The van der Waals surface area contributed by atoms with Crippen molar-refractivity contribution in [2.45, 2.75) is 32.1 Å². The van der Waals surface area contributed by atoms with Crippen molar-refractivity contribution in [3.63, 3.8) is 0 Å². The van der Waals surface area contributed by atoms with E-state index >= 15 is 0 Å². The van der Waals surface area contributed by atoms with E-state index in [0.29, 0.717) is 12.2 Å². The summed E-state index contributed by atoms with van der Waals surface area (Å²) in [5, 5.41) is 10.5. The van der Waals surface area contributed by atoms with Crippen molar-refractivity contribution in [2.75, 3.05) is 5.75 Å². The molecular weight excluding hydrogens is 424 g/mol. The highest BCUT2D eigenvalue weighted by Gasteiger charge is 2.17. The van der Waals surface area contributed by atoms with Gasteiger partial charge in [-0.15, -0.1) is 11.8 Å². The van der Waals surface area contributed by atoms with Gasteiger partial charge in [0.05, 0.1) is 0 Å². The van der Waals surface area contributed by atoms with Crippen molar-refractivity contribution in [1.82, 2.24) is 0 Å². The van der Waals surface area contributed by atoms with Crippen LogP contribution < -0.4 is 5.63 Å². The minimum absolute atomic E-state index is 0.0243. The molecule has 0 fully saturated rings. The van der Waals surface area contributed by atoms with Gasteiger partial charge in [0.2, 0.25) is 0 Å². The topological polar surface area (TPSA) is 50.4 Å². The van der Waals surface area contributed by atoms with Crippen LogP contribution in [-0.2, 0) is 6.42 Å². The normalized spacial score (nSPS) is 11.0. The smallest absolute Gasteiger partial charge is 0.347 e. The average Bonchev–Trinajstić information content (AvgIpc) is 2.56. The molecule has 5 heteroatoms. The fourth-order valence-corrected chi connectivity index (χ4v) is 4.76. The molecule has 1 heterocycles. The van der Waals surface area contributed by atoms with E-state index in [2.05, 4.69) is 15.9 Å². The number of rotatable bonds is 5. The fraction of sp³-hybridized carbons (Fsp3) is 0.227. The first-order valence-electron chi connectivity index (χ1n) is 8.67. The summed E-state index contributed by atoms with van der Waals surface area (Å²) >= 11 is 5.13. The second kappa shape index (κ2) is 8.36. The van der Waals surface area contributed by atoms with Crippen LogP contribution in [-0.4, -0.2) is 10.9 Å². The maximum absolute atomic E-state index is 12.6. The van der Waals surface area contributed by atoms with E-state index < -0.39 is 5.63 Å². The van der Waals surface area contributed by atoms with Crippen LogP contribution in [0.1, 0.15) is 22.5 Å². The van der Waals surface area contributed by atoms with Crippen LogP contribution in [0.25, 0.3) is 11.1 Å². The zero-order chi connectivity index (χ0) is 19.6. The van der Waals surface area contributed by atoms with Crippen molar-refractivity contribution in [3.8, 4) is 16.9 Å². The van der Waals surface area contributed by atoms with E-state index in [4.69, 9.17) is 4.42 Å². The Labute approximate surface area is 171 Å². The molecular formula is C22H21BrO3S. The standard InChI is InChI=1S/C22H21BrO3S/c1-13-9-14(2)20(15(3)10-13)21-19(24)12-17(26-22(21)25)7-8-27-18-6-4-5-16(23)11-18/h4-6,9-12,24H,7-8H2,1-3H3. The molecule has 0 atom stereocenters. The largest absolute Gasteiger partial charge is 0.507 e. The lowest BCUT2D eigenvalue weighted by Gasteiger charge is -2.12. The lowest BCUT2D eigenvalue weighted by atomic mass is 9.94. The van der Waals surface area contributed by atoms with Crippen LogP contribution in [0.3, 0.4) is 0 Å². The van der Waals surface area contributed by atoms with Crippen LogP contribution in [0.2, 0.25) is 0 Å². The number of aromatic hydroxyl groups is 1. The number of thioether (sulfide) groups is 1. The van der Waals surface area contributed by atoms with E-state index in [1.165, 1.54) is 0 Å². The number of benzene rings is 2. The molecule has 0 saturated heterocycles. The van der Waals surface area contributed by atoms with Crippen LogP contribution in [0.15, 0.2) is 61.0 Å². The predicted octanol–water partition coefficient (Wildman–Crippen LogP) is 6.03. The lowest BCUT2D eigenvalue weighted by Crippen LogP contribution is -2.08. The van der Waals surface area contributed by atoms with E-state index in [1.807, 2.05) is 57.2 Å². The summed E-state index contributed by atoms with van der Waals surface area (Å²) in [7, 11) is 0. The molecule has 0 aliphatic rings. The summed E-state index contributed by atoms with van der Waals surface area (Å²) in [4.78, 5) is 13.7. The molecule has 0 spiro atoms. The average molecular weight is 445 g/mol. The molecule has 27 heavy (non-hydrogen) atoms. The Hall–Kier alpha value is -1.98. The third-order valence-electron chi connectivity index (χ3n) is 4.32. The number of hydrogen-bond acceptors (Lipinski definition) is 4. The molecule has 3 rings (SSSR count). The van der Waals surface area contributed by atoms with Gasteiger partial charge in [0.25, 0.3) is 0 Å². The van der Waals surface area contributed by atoms with E-state index in [-0.39, 0.29) is 11.3 Å². The number of halogens is 1. The Kier molecular flexibility index (Phi) is 6.12. The van der Waals surface area contributed by atoms with Crippen molar-refractivity contribution >= 4 is 27.7 Å². The van der Waals surface area contributed by atoms with Gasteiger partial charge >= 0.3 is 5.63 Å². The second-order valence-corrected chi connectivity index (χ2v) is 8.67. The second-order valence-electron chi connectivity index (χ2n) is 6.59. The van der Waals surface area contributed by atoms with Crippen LogP contribution in [0.4, 0.5) is 0 Å². The first kappa shape index (κ1) is 19.8. The molecule has 1 aromatic heterocycles. The molecule has 3 nitrogen and oxygen atoms in total. The Balaban J connectivity index is 1.82. The Bertz CT molecular complexity index is 1020. The third kappa shape index (κ3) is 4.66. The molecule has 0 bridgehead atoms. The van der Waals surface area contributed by atoms with Crippen molar-refractivity contribution in [2.24, 2.45) is 0 Å². The van der Waals surface area contributed by atoms with Gasteiger partial charge in [-0.05, 0) is 55.7 Å². The molecule has 0 amide bonds. The van der Waals surface area contributed by atoms with Crippen molar-refractivity contribution in [3.05, 3.63) is 79.8 Å². The highest BCUT2D eigenvalue weighted by Crippen LogP contribution is 2.33. The van der Waals surface area contributed by atoms with Gasteiger partial charge in [0.15, 0.2) is 0 Å².